The molecule has 4 nitrogen and oxygen atoms in total. The van der Waals surface area contributed by atoms with E-state index in [-0.39, 0.29) is 5.69 Å². The van der Waals surface area contributed by atoms with Crippen LogP contribution in [0.1, 0.15) is 32.3 Å². The standard InChI is InChI=1S/C11H16N2O2/c1-3-11(12,4-2)9-6-5-7-10(8-9)13(14)15/h5-8H,3-4,12H2,1-2H3. The molecule has 2 N–H and O–H groups in total. The molecule has 1 rings (SSSR count). The van der Waals surface area contributed by atoms with E-state index in [1.807, 2.05) is 19.9 Å². The fraction of sp³-hybridized carbons (Fsp3) is 0.455. The lowest BCUT2D eigenvalue weighted by Gasteiger charge is -2.26. The molecule has 0 aliphatic heterocycles. The Hall–Kier alpha value is -1.42. The molecule has 0 saturated carbocycles. The third-order valence-electron chi connectivity index (χ3n) is 2.89. The SMILES string of the molecule is CCC(N)(CC)c1cccc([N+](=O)[O-])c1. The van der Waals surface area contributed by atoms with Crippen molar-refractivity contribution in [2.45, 2.75) is 32.2 Å². The van der Waals surface area contributed by atoms with Gasteiger partial charge in [0.1, 0.15) is 0 Å². The Balaban J connectivity index is 3.14. The van der Waals surface area contributed by atoms with Gasteiger partial charge in [-0.2, -0.15) is 0 Å². The number of rotatable bonds is 4. The Morgan fingerprint density at radius 1 is 1.40 bits per heavy atom. The van der Waals surface area contributed by atoms with Gasteiger partial charge in [0.25, 0.3) is 5.69 Å². The molecule has 0 aliphatic rings. The first kappa shape index (κ1) is 11.7. The van der Waals surface area contributed by atoms with Crippen molar-refractivity contribution in [3.8, 4) is 0 Å². The number of non-ortho nitro benzene ring substituents is 1. The Labute approximate surface area is 89.2 Å². The van der Waals surface area contributed by atoms with Crippen LogP contribution in [0.5, 0.6) is 0 Å². The lowest BCUT2D eigenvalue weighted by molar-refractivity contribution is -0.385. The molecule has 82 valence electrons. The van der Waals surface area contributed by atoms with Crippen LogP contribution in [-0.2, 0) is 5.54 Å². The molecule has 0 bridgehead atoms. The van der Waals surface area contributed by atoms with Crippen LogP contribution >= 0.6 is 0 Å². The first-order chi connectivity index (χ1) is 7.03. The zero-order valence-corrected chi connectivity index (χ0v) is 9.06. The Morgan fingerprint density at radius 3 is 2.47 bits per heavy atom. The summed E-state index contributed by atoms with van der Waals surface area (Å²) >= 11 is 0. The van der Waals surface area contributed by atoms with Crippen molar-refractivity contribution in [1.82, 2.24) is 0 Å². The van der Waals surface area contributed by atoms with Gasteiger partial charge < -0.3 is 5.73 Å². The van der Waals surface area contributed by atoms with E-state index in [4.69, 9.17) is 5.73 Å². The van der Waals surface area contributed by atoms with E-state index in [1.54, 1.807) is 12.1 Å². The lowest BCUT2D eigenvalue weighted by atomic mass is 9.86. The first-order valence-corrected chi connectivity index (χ1v) is 5.07. The van der Waals surface area contributed by atoms with Gasteiger partial charge in [-0.1, -0.05) is 26.0 Å². The van der Waals surface area contributed by atoms with Crippen LogP contribution in [0.3, 0.4) is 0 Å². The van der Waals surface area contributed by atoms with Crippen LogP contribution < -0.4 is 5.73 Å². The highest BCUT2D eigenvalue weighted by Crippen LogP contribution is 2.27. The van der Waals surface area contributed by atoms with Gasteiger partial charge in [-0.05, 0) is 18.4 Å². The number of nitrogens with two attached hydrogens (primary N) is 1. The van der Waals surface area contributed by atoms with E-state index in [0.717, 1.165) is 18.4 Å². The molecule has 1 aromatic carbocycles. The average Bonchev–Trinajstić information content (AvgIpc) is 2.28. The maximum Gasteiger partial charge on any atom is 0.269 e. The van der Waals surface area contributed by atoms with Gasteiger partial charge in [0.2, 0.25) is 0 Å². The Morgan fingerprint density at radius 2 is 2.00 bits per heavy atom. The molecule has 0 heterocycles. The van der Waals surface area contributed by atoms with E-state index in [9.17, 15) is 10.1 Å². The largest absolute Gasteiger partial charge is 0.321 e. The molecule has 0 unspecified atom stereocenters. The van der Waals surface area contributed by atoms with Gasteiger partial charge >= 0.3 is 0 Å². The summed E-state index contributed by atoms with van der Waals surface area (Å²) in [4.78, 5) is 10.2. The molecule has 0 saturated heterocycles. The number of hydrogen-bond acceptors (Lipinski definition) is 3. The highest BCUT2D eigenvalue weighted by Gasteiger charge is 2.24. The van der Waals surface area contributed by atoms with Crippen LogP contribution in [0.25, 0.3) is 0 Å². The van der Waals surface area contributed by atoms with E-state index in [0.29, 0.717) is 0 Å². The van der Waals surface area contributed by atoms with Crippen LogP contribution in [0.2, 0.25) is 0 Å². The minimum absolute atomic E-state index is 0.101. The van der Waals surface area contributed by atoms with Crippen LogP contribution in [-0.4, -0.2) is 4.92 Å². The predicted molar refractivity (Wildman–Crippen MR) is 59.5 cm³/mol. The Bertz CT molecular complexity index is 359. The minimum Gasteiger partial charge on any atom is -0.321 e. The number of nitrogens with zero attached hydrogens (tertiary/aromatic N) is 1. The predicted octanol–water partition coefficient (Wildman–Crippen LogP) is 2.57. The van der Waals surface area contributed by atoms with E-state index in [2.05, 4.69) is 0 Å². The zero-order valence-electron chi connectivity index (χ0n) is 9.06. The van der Waals surface area contributed by atoms with Gasteiger partial charge in [-0.3, -0.25) is 10.1 Å². The molecule has 0 spiro atoms. The van der Waals surface area contributed by atoms with Gasteiger partial charge in [-0.25, -0.2) is 0 Å². The van der Waals surface area contributed by atoms with Crippen molar-refractivity contribution in [3.05, 3.63) is 39.9 Å². The van der Waals surface area contributed by atoms with Crippen molar-refractivity contribution < 1.29 is 4.92 Å². The molecule has 0 amide bonds. The van der Waals surface area contributed by atoms with E-state index < -0.39 is 10.5 Å². The van der Waals surface area contributed by atoms with Gasteiger partial charge in [0.05, 0.1) is 4.92 Å². The quantitative estimate of drug-likeness (QED) is 0.610. The normalized spacial score (nSPS) is 11.4. The van der Waals surface area contributed by atoms with Crippen molar-refractivity contribution in [2.24, 2.45) is 5.73 Å². The smallest absolute Gasteiger partial charge is 0.269 e. The molecule has 0 aliphatic carbocycles. The van der Waals surface area contributed by atoms with Crippen LogP contribution in [0.4, 0.5) is 5.69 Å². The summed E-state index contributed by atoms with van der Waals surface area (Å²) in [6, 6.07) is 6.57. The Kier molecular flexibility index (Phi) is 3.42. The summed E-state index contributed by atoms with van der Waals surface area (Å²) in [5.74, 6) is 0. The highest BCUT2D eigenvalue weighted by atomic mass is 16.6. The number of nitro groups is 1. The first-order valence-electron chi connectivity index (χ1n) is 5.07. The van der Waals surface area contributed by atoms with Gasteiger partial charge in [0, 0.05) is 17.7 Å². The van der Waals surface area contributed by atoms with E-state index in [1.165, 1.54) is 6.07 Å². The van der Waals surface area contributed by atoms with Crippen LogP contribution in [0.15, 0.2) is 24.3 Å². The van der Waals surface area contributed by atoms with Crippen molar-refractivity contribution in [3.63, 3.8) is 0 Å². The third-order valence-corrected chi connectivity index (χ3v) is 2.89. The lowest BCUT2D eigenvalue weighted by Crippen LogP contribution is -2.35. The van der Waals surface area contributed by atoms with Crippen LogP contribution in [0, 0.1) is 10.1 Å². The van der Waals surface area contributed by atoms with Crippen molar-refractivity contribution in [1.29, 1.82) is 0 Å². The summed E-state index contributed by atoms with van der Waals surface area (Å²) in [7, 11) is 0. The van der Waals surface area contributed by atoms with Gasteiger partial charge in [-0.15, -0.1) is 0 Å². The minimum atomic E-state index is -0.452. The topological polar surface area (TPSA) is 69.2 Å². The van der Waals surface area contributed by atoms with Gasteiger partial charge in [0.15, 0.2) is 0 Å². The van der Waals surface area contributed by atoms with Crippen molar-refractivity contribution >= 4 is 5.69 Å². The summed E-state index contributed by atoms with van der Waals surface area (Å²) in [6.07, 6.45) is 1.54. The zero-order chi connectivity index (χ0) is 11.5. The number of hydrogen-bond donors (Lipinski definition) is 1. The fourth-order valence-corrected chi connectivity index (χ4v) is 1.59. The molecule has 0 radical (unpaired) electrons. The third kappa shape index (κ3) is 2.33. The molecular formula is C11H16N2O2. The second-order valence-corrected chi connectivity index (χ2v) is 3.67. The molecule has 4 heteroatoms. The number of nitro benzene ring substituents is 1. The highest BCUT2D eigenvalue weighted by molar-refractivity contribution is 5.37. The molecular weight excluding hydrogens is 192 g/mol. The summed E-state index contributed by atoms with van der Waals surface area (Å²) < 4.78 is 0. The second kappa shape index (κ2) is 4.40. The summed E-state index contributed by atoms with van der Waals surface area (Å²) in [5, 5.41) is 10.6. The molecule has 0 fully saturated rings. The molecule has 1 aromatic rings. The molecule has 15 heavy (non-hydrogen) atoms. The molecule has 0 atom stereocenters. The second-order valence-electron chi connectivity index (χ2n) is 3.67. The van der Waals surface area contributed by atoms with Crippen molar-refractivity contribution in [2.75, 3.05) is 0 Å². The summed E-state index contributed by atoms with van der Waals surface area (Å²) in [5.41, 5.74) is 6.65. The van der Waals surface area contributed by atoms with E-state index >= 15 is 0 Å². The number of benzene rings is 1. The monoisotopic (exact) mass is 208 g/mol. The average molecular weight is 208 g/mol. The summed E-state index contributed by atoms with van der Waals surface area (Å²) in [6.45, 7) is 3.98. The molecule has 0 aromatic heterocycles. The maximum atomic E-state index is 10.6. The fourth-order valence-electron chi connectivity index (χ4n) is 1.59. The maximum absolute atomic E-state index is 10.6.